The number of hydrogen-bond acceptors (Lipinski definition) is 6. The van der Waals surface area contributed by atoms with Crippen LogP contribution in [0, 0.1) is 29.6 Å². The number of hydrogen-bond donors (Lipinski definition) is 3. The van der Waals surface area contributed by atoms with Crippen molar-refractivity contribution in [3.8, 4) is 17.6 Å². The molecule has 2 aromatic carbocycles. The highest BCUT2D eigenvalue weighted by molar-refractivity contribution is 6.32. The molecule has 2 aliphatic rings. The van der Waals surface area contributed by atoms with Gasteiger partial charge in [0.15, 0.2) is 0 Å². The zero-order valence-electron chi connectivity index (χ0n) is 18.0. The van der Waals surface area contributed by atoms with Crippen molar-refractivity contribution in [2.24, 2.45) is 17.8 Å². The number of amides is 1. The fourth-order valence-corrected chi connectivity index (χ4v) is 4.61. The number of aromatic nitrogens is 2. The van der Waals surface area contributed by atoms with Crippen molar-refractivity contribution in [3.05, 3.63) is 59.9 Å². The van der Waals surface area contributed by atoms with Crippen LogP contribution in [0.3, 0.4) is 0 Å². The third-order valence-electron chi connectivity index (χ3n) is 6.18. The van der Waals surface area contributed by atoms with E-state index >= 15 is 0 Å². The van der Waals surface area contributed by atoms with E-state index in [1.54, 1.807) is 12.1 Å². The van der Waals surface area contributed by atoms with Crippen LogP contribution < -0.4 is 10.6 Å². The van der Waals surface area contributed by atoms with Crippen LogP contribution in [0.15, 0.2) is 49.3 Å². The molecule has 1 aromatic heterocycles. The van der Waals surface area contributed by atoms with Gasteiger partial charge in [0.1, 0.15) is 17.9 Å². The molecule has 166 valence electrons. The van der Waals surface area contributed by atoms with Gasteiger partial charge < -0.3 is 20.6 Å². The van der Waals surface area contributed by atoms with Gasteiger partial charge in [-0.25, -0.2) is 9.97 Å². The molecular formula is C25H22ClN5O2. The number of aromatic hydroxyl groups is 1. The van der Waals surface area contributed by atoms with Crippen LogP contribution in [0.1, 0.15) is 5.56 Å². The first-order valence-electron chi connectivity index (χ1n) is 10.6. The van der Waals surface area contributed by atoms with Crippen LogP contribution in [-0.4, -0.2) is 46.0 Å². The summed E-state index contributed by atoms with van der Waals surface area (Å²) in [6.07, 6.45) is 2.69. The van der Waals surface area contributed by atoms with E-state index in [9.17, 15) is 9.90 Å². The molecule has 0 unspecified atom stereocenters. The number of benzene rings is 2. The predicted octanol–water partition coefficient (Wildman–Crippen LogP) is 4.02. The van der Waals surface area contributed by atoms with E-state index < -0.39 is 0 Å². The normalized spacial score (nSPS) is 21.1. The van der Waals surface area contributed by atoms with Crippen LogP contribution >= 0.6 is 11.6 Å². The zero-order chi connectivity index (χ0) is 23.1. The summed E-state index contributed by atoms with van der Waals surface area (Å²) >= 11 is 6.03. The maximum absolute atomic E-state index is 12.1. The smallest absolute Gasteiger partial charge is 0.247 e. The van der Waals surface area contributed by atoms with E-state index in [1.165, 1.54) is 18.5 Å². The van der Waals surface area contributed by atoms with Gasteiger partial charge in [-0.2, -0.15) is 0 Å². The van der Waals surface area contributed by atoms with Gasteiger partial charge in [0.2, 0.25) is 5.91 Å². The van der Waals surface area contributed by atoms with Crippen molar-refractivity contribution in [2.75, 3.05) is 30.8 Å². The second kappa shape index (κ2) is 8.39. The quantitative estimate of drug-likeness (QED) is 0.310. The van der Waals surface area contributed by atoms with E-state index in [4.69, 9.17) is 11.6 Å². The third-order valence-corrected chi connectivity index (χ3v) is 6.48. The van der Waals surface area contributed by atoms with E-state index in [0.717, 1.165) is 13.1 Å². The SMILES string of the molecule is C=CC(=O)Nc1cc2c(Nc3ccc(O)c(Cl)c3)ncnc2cc1C#C[C@H]1[C@H]2CN(C)C[C@@H]12. The lowest BCUT2D eigenvalue weighted by Crippen LogP contribution is -2.18. The molecule has 1 saturated carbocycles. The molecule has 1 aliphatic carbocycles. The predicted molar refractivity (Wildman–Crippen MR) is 130 cm³/mol. The molecule has 0 bridgehead atoms. The van der Waals surface area contributed by atoms with Crippen molar-refractivity contribution < 1.29 is 9.90 Å². The molecule has 1 saturated heterocycles. The first-order chi connectivity index (χ1) is 15.9. The minimum Gasteiger partial charge on any atom is -0.506 e. The lowest BCUT2D eigenvalue weighted by Gasteiger charge is -2.12. The molecule has 3 aromatic rings. The Labute approximate surface area is 196 Å². The average molecular weight is 460 g/mol. The zero-order valence-corrected chi connectivity index (χ0v) is 18.7. The molecule has 3 N–H and O–H groups in total. The number of phenolic OH excluding ortho intramolecular Hbond substituents is 1. The number of fused-ring (bicyclic) bond motifs is 2. The highest BCUT2D eigenvalue weighted by Gasteiger charge is 2.53. The maximum Gasteiger partial charge on any atom is 0.247 e. The molecule has 2 heterocycles. The van der Waals surface area contributed by atoms with Gasteiger partial charge in [-0.1, -0.05) is 30.0 Å². The number of likely N-dealkylation sites (tertiary alicyclic amines) is 1. The van der Waals surface area contributed by atoms with Crippen molar-refractivity contribution >= 4 is 45.6 Å². The molecule has 1 aliphatic heterocycles. The molecule has 7 nitrogen and oxygen atoms in total. The van der Waals surface area contributed by atoms with Crippen LogP contribution in [0.25, 0.3) is 10.9 Å². The minimum absolute atomic E-state index is 0.00107. The lowest BCUT2D eigenvalue weighted by molar-refractivity contribution is -0.111. The fourth-order valence-electron chi connectivity index (χ4n) is 4.43. The Kier molecular flexibility index (Phi) is 5.41. The Balaban J connectivity index is 1.51. The standard InChI is InChI=1S/C25H22ClN5O2/c1-3-24(33)30-21-10-17-22(8-14(21)4-6-16-18-11-31(2)12-19(16)18)27-13-28-25(17)29-15-5-7-23(32)20(26)9-15/h3,5,7-10,13,16,18-19,32H,1,11-12H2,2H3,(H,30,33)(H,27,28,29)/t16-,18+,19-. The third kappa shape index (κ3) is 4.23. The summed E-state index contributed by atoms with van der Waals surface area (Å²) in [5.41, 5.74) is 2.62. The Hall–Kier alpha value is -3.60. The summed E-state index contributed by atoms with van der Waals surface area (Å²) in [5.74, 6) is 8.59. The Morgan fingerprint density at radius 2 is 2.06 bits per heavy atom. The van der Waals surface area contributed by atoms with Crippen molar-refractivity contribution in [1.29, 1.82) is 0 Å². The van der Waals surface area contributed by atoms with Crippen LogP contribution in [0.4, 0.5) is 17.2 Å². The van der Waals surface area contributed by atoms with Gasteiger partial charge in [0.25, 0.3) is 0 Å². The Morgan fingerprint density at radius 1 is 1.27 bits per heavy atom. The summed E-state index contributed by atoms with van der Waals surface area (Å²) in [4.78, 5) is 23.2. The number of rotatable bonds is 4. The number of nitrogens with one attached hydrogen (secondary N) is 2. The summed E-state index contributed by atoms with van der Waals surface area (Å²) in [6.45, 7) is 5.72. The van der Waals surface area contributed by atoms with Gasteiger partial charge in [-0.3, -0.25) is 4.79 Å². The van der Waals surface area contributed by atoms with Gasteiger partial charge in [-0.15, -0.1) is 0 Å². The molecule has 1 amide bonds. The van der Waals surface area contributed by atoms with Crippen molar-refractivity contribution in [1.82, 2.24) is 14.9 Å². The molecule has 3 atom stereocenters. The van der Waals surface area contributed by atoms with Crippen molar-refractivity contribution in [2.45, 2.75) is 0 Å². The lowest BCUT2D eigenvalue weighted by atomic mass is 10.1. The van der Waals surface area contributed by atoms with Gasteiger partial charge in [0.05, 0.1) is 21.8 Å². The largest absolute Gasteiger partial charge is 0.506 e. The van der Waals surface area contributed by atoms with Crippen molar-refractivity contribution in [3.63, 3.8) is 0 Å². The molecule has 33 heavy (non-hydrogen) atoms. The fraction of sp³-hybridized carbons (Fsp3) is 0.240. The van der Waals surface area contributed by atoms with Crippen LogP contribution in [0.5, 0.6) is 5.75 Å². The Morgan fingerprint density at radius 3 is 2.79 bits per heavy atom. The number of nitrogens with zero attached hydrogens (tertiary/aromatic N) is 3. The molecule has 0 spiro atoms. The monoisotopic (exact) mass is 459 g/mol. The van der Waals surface area contributed by atoms with Crippen LogP contribution in [-0.2, 0) is 4.79 Å². The van der Waals surface area contributed by atoms with E-state index in [0.29, 0.717) is 51.4 Å². The first-order valence-corrected chi connectivity index (χ1v) is 11.0. The molecule has 5 rings (SSSR count). The number of anilines is 3. The molecule has 2 fully saturated rings. The summed E-state index contributed by atoms with van der Waals surface area (Å²) in [7, 11) is 2.14. The average Bonchev–Trinajstić information content (AvgIpc) is 3.26. The molecular weight excluding hydrogens is 438 g/mol. The number of carbonyl (C=O) groups is 1. The molecule has 0 radical (unpaired) electrons. The second-order valence-corrected chi connectivity index (χ2v) is 8.87. The summed E-state index contributed by atoms with van der Waals surface area (Å²) < 4.78 is 0. The maximum atomic E-state index is 12.1. The number of halogens is 1. The number of phenols is 1. The van der Waals surface area contributed by atoms with Gasteiger partial charge in [0, 0.05) is 30.1 Å². The minimum atomic E-state index is -0.320. The summed E-state index contributed by atoms with van der Waals surface area (Å²) in [6, 6.07) is 8.48. The van der Waals surface area contributed by atoms with Gasteiger partial charge in [-0.05, 0) is 55.3 Å². The Bertz CT molecular complexity index is 1330. The highest BCUT2D eigenvalue weighted by Crippen LogP contribution is 2.50. The van der Waals surface area contributed by atoms with Crippen LogP contribution in [0.2, 0.25) is 5.02 Å². The summed E-state index contributed by atoms with van der Waals surface area (Å²) in [5, 5.41) is 16.7. The second-order valence-electron chi connectivity index (χ2n) is 8.47. The van der Waals surface area contributed by atoms with Gasteiger partial charge >= 0.3 is 0 Å². The number of piperidine rings is 1. The van der Waals surface area contributed by atoms with E-state index in [-0.39, 0.29) is 16.7 Å². The number of carbonyl (C=O) groups excluding carboxylic acids is 1. The molecule has 8 heteroatoms. The van der Waals surface area contributed by atoms with E-state index in [1.807, 2.05) is 12.1 Å². The first kappa shape index (κ1) is 21.3. The topological polar surface area (TPSA) is 90.4 Å². The van der Waals surface area contributed by atoms with E-state index in [2.05, 4.69) is 51.0 Å². The highest BCUT2D eigenvalue weighted by atomic mass is 35.5.